The zero-order valence-corrected chi connectivity index (χ0v) is 23.8. The van der Waals surface area contributed by atoms with Crippen LogP contribution in [0.3, 0.4) is 0 Å². The van der Waals surface area contributed by atoms with Gasteiger partial charge in [-0.3, -0.25) is 0 Å². The zero-order chi connectivity index (χ0) is 28.5. The summed E-state index contributed by atoms with van der Waals surface area (Å²) >= 11 is 16.8. The number of aromatic nitrogens is 1. The van der Waals surface area contributed by atoms with Crippen molar-refractivity contribution in [3.63, 3.8) is 0 Å². The summed E-state index contributed by atoms with van der Waals surface area (Å²) in [4.78, 5) is 17.8. The highest BCUT2D eigenvalue weighted by Crippen LogP contribution is 2.36. The predicted molar refractivity (Wildman–Crippen MR) is 150 cm³/mol. The third-order valence-corrected chi connectivity index (χ3v) is 5.79. The number of carbonyl (C=O) groups is 1. The van der Waals surface area contributed by atoms with Gasteiger partial charge in [-0.2, -0.15) is 5.26 Å². The minimum Gasteiger partial charge on any atom is -0.323 e. The lowest BCUT2D eigenvalue weighted by atomic mass is 9.81. The molecule has 0 saturated carbocycles. The van der Waals surface area contributed by atoms with Gasteiger partial charge < -0.3 is 10.2 Å². The summed E-state index contributed by atoms with van der Waals surface area (Å²) in [6.45, 7) is 9.18. The van der Waals surface area contributed by atoms with E-state index in [2.05, 4.69) is 44.1 Å². The topological polar surface area (TPSA) is 69.0 Å². The molecule has 2 heterocycles. The Morgan fingerprint density at radius 3 is 2.21 bits per heavy atom. The van der Waals surface area contributed by atoms with Crippen LogP contribution in [0.1, 0.15) is 39.7 Å². The molecule has 38 heavy (non-hydrogen) atoms. The van der Waals surface area contributed by atoms with Crippen LogP contribution in [0.4, 0.5) is 19.3 Å². The largest absolute Gasteiger partial charge is 0.323 e. The summed E-state index contributed by atoms with van der Waals surface area (Å²) in [5.74, 6) is -0.910. The van der Waals surface area contributed by atoms with Gasteiger partial charge >= 0.3 is 6.03 Å². The fraction of sp³-hybridized carbons (Fsp3) is 0.321. The molecule has 1 saturated heterocycles. The van der Waals surface area contributed by atoms with Crippen molar-refractivity contribution in [1.29, 1.82) is 5.26 Å². The van der Waals surface area contributed by atoms with E-state index in [1.807, 2.05) is 0 Å². The minimum atomic E-state index is -1.09. The Bertz CT molecular complexity index is 1250. The third kappa shape index (κ3) is 9.75. The lowest BCUT2D eigenvalue weighted by Crippen LogP contribution is -2.36. The molecule has 1 aromatic heterocycles. The van der Waals surface area contributed by atoms with Gasteiger partial charge in [0.05, 0.1) is 23.0 Å². The number of amides is 2. The van der Waals surface area contributed by atoms with Crippen LogP contribution in [0.2, 0.25) is 15.2 Å². The van der Waals surface area contributed by atoms with E-state index >= 15 is 0 Å². The number of nitriles is 1. The van der Waals surface area contributed by atoms with Crippen molar-refractivity contribution in [2.45, 2.75) is 39.5 Å². The lowest BCUT2D eigenvalue weighted by molar-refractivity contribution is 0.220. The van der Waals surface area contributed by atoms with Crippen molar-refractivity contribution < 1.29 is 13.6 Å². The summed E-state index contributed by atoms with van der Waals surface area (Å²) in [5.41, 5.74) is 0.147. The van der Waals surface area contributed by atoms with Crippen molar-refractivity contribution in [2.24, 2.45) is 5.41 Å². The second kappa shape index (κ2) is 13.7. The van der Waals surface area contributed by atoms with Gasteiger partial charge in [0.25, 0.3) is 0 Å². The molecular formula is C28H29Cl3F2N4O. The van der Waals surface area contributed by atoms with E-state index in [9.17, 15) is 18.8 Å². The summed E-state index contributed by atoms with van der Waals surface area (Å²) in [6, 6.07) is 15.3. The summed E-state index contributed by atoms with van der Waals surface area (Å²) < 4.78 is 26.5. The Kier molecular flexibility index (Phi) is 11.3. The molecule has 1 atom stereocenters. The highest BCUT2D eigenvalue weighted by atomic mass is 35.5. The number of likely N-dealkylation sites (tertiary alicyclic amines) is 1. The molecule has 1 fully saturated rings. The normalized spacial score (nSPS) is 16.4. The van der Waals surface area contributed by atoms with Crippen molar-refractivity contribution in [2.75, 3.05) is 18.4 Å². The number of benzene rings is 2. The number of urea groups is 1. The number of pyridine rings is 1. The maximum atomic E-state index is 14.3. The van der Waals surface area contributed by atoms with Gasteiger partial charge in [0, 0.05) is 23.7 Å². The quantitative estimate of drug-likeness (QED) is 0.308. The first-order valence-corrected chi connectivity index (χ1v) is 12.8. The molecule has 1 N–H and O–H groups in total. The van der Waals surface area contributed by atoms with E-state index in [0.29, 0.717) is 29.2 Å². The Morgan fingerprint density at radius 1 is 1.05 bits per heavy atom. The van der Waals surface area contributed by atoms with Crippen molar-refractivity contribution in [1.82, 2.24) is 9.88 Å². The smallest absolute Gasteiger partial charge is 0.321 e. The van der Waals surface area contributed by atoms with Crippen LogP contribution in [0.5, 0.6) is 0 Å². The average molecular weight is 582 g/mol. The molecule has 202 valence electrons. The van der Waals surface area contributed by atoms with Crippen LogP contribution in [0, 0.1) is 28.4 Å². The minimum absolute atomic E-state index is 0.0922. The second-order valence-electron chi connectivity index (χ2n) is 10.2. The number of nitrogens with zero attached hydrogens (tertiary/aromatic N) is 3. The van der Waals surface area contributed by atoms with Gasteiger partial charge in [0.2, 0.25) is 0 Å². The van der Waals surface area contributed by atoms with E-state index in [1.54, 1.807) is 30.3 Å². The van der Waals surface area contributed by atoms with Gasteiger partial charge in [-0.25, -0.2) is 18.6 Å². The standard InChI is InChI=1S/C17H13Cl2FN4O.C6H4ClF.C5H12/c18-11-1-3-13(14(20)7-11)17(9-21)5-6-24(10-17)16(25)23-12-2-4-15(19)22-8-12;7-5-3-1-2-4-6(5)8;1-5(2,3)4/h1-4,7-8H,5-6,10H2,(H,23,25);1-4H;1-4H3. The van der Waals surface area contributed by atoms with E-state index in [1.165, 1.54) is 35.4 Å². The van der Waals surface area contributed by atoms with Crippen molar-refractivity contribution in [3.8, 4) is 6.07 Å². The fourth-order valence-corrected chi connectivity index (χ4v) is 3.73. The second-order valence-corrected chi connectivity index (χ2v) is 11.4. The average Bonchev–Trinajstić information content (AvgIpc) is 3.28. The zero-order valence-electron chi connectivity index (χ0n) is 21.5. The van der Waals surface area contributed by atoms with Gasteiger partial charge in [-0.1, -0.05) is 80.7 Å². The Hall–Kier alpha value is -2.92. The Balaban J connectivity index is 0.000000320. The predicted octanol–water partition coefficient (Wildman–Crippen LogP) is 8.76. The molecule has 1 aliphatic rings. The first-order chi connectivity index (χ1) is 17.7. The van der Waals surface area contributed by atoms with Crippen LogP contribution in [-0.2, 0) is 5.41 Å². The summed E-state index contributed by atoms with van der Waals surface area (Å²) in [7, 11) is 0. The molecule has 2 aromatic carbocycles. The maximum Gasteiger partial charge on any atom is 0.321 e. The molecule has 0 spiro atoms. The lowest BCUT2D eigenvalue weighted by Gasteiger charge is -2.23. The number of anilines is 1. The van der Waals surface area contributed by atoms with Crippen LogP contribution in [-0.4, -0.2) is 29.0 Å². The molecule has 2 amide bonds. The number of nitrogens with one attached hydrogen (secondary N) is 1. The molecule has 4 rings (SSSR count). The maximum absolute atomic E-state index is 14.3. The molecule has 10 heteroatoms. The van der Waals surface area contributed by atoms with E-state index in [0.717, 1.165) is 0 Å². The molecule has 0 radical (unpaired) electrons. The van der Waals surface area contributed by atoms with E-state index in [-0.39, 0.29) is 34.0 Å². The first-order valence-electron chi connectivity index (χ1n) is 11.7. The van der Waals surface area contributed by atoms with Gasteiger partial charge in [0.15, 0.2) is 0 Å². The first kappa shape index (κ1) is 31.3. The number of halogens is 5. The Labute approximate surface area is 237 Å². The van der Waals surface area contributed by atoms with Crippen molar-refractivity contribution >= 4 is 46.5 Å². The molecule has 0 aliphatic carbocycles. The number of hydrogen-bond donors (Lipinski definition) is 1. The summed E-state index contributed by atoms with van der Waals surface area (Å²) in [6.07, 6.45) is 1.78. The number of carbonyl (C=O) groups excluding carboxylic acids is 1. The third-order valence-electron chi connectivity index (χ3n) is 5.02. The molecule has 1 unspecified atom stereocenters. The van der Waals surface area contributed by atoms with Crippen molar-refractivity contribution in [3.05, 3.63) is 93.2 Å². The van der Waals surface area contributed by atoms with Crippen LogP contribution in [0.25, 0.3) is 0 Å². The summed E-state index contributed by atoms with van der Waals surface area (Å²) in [5, 5.41) is 13.1. The van der Waals surface area contributed by atoms with Gasteiger partial charge in [0.1, 0.15) is 22.2 Å². The van der Waals surface area contributed by atoms with Crippen LogP contribution in [0.15, 0.2) is 60.8 Å². The van der Waals surface area contributed by atoms with Crippen LogP contribution < -0.4 is 5.32 Å². The number of hydrogen-bond acceptors (Lipinski definition) is 3. The van der Waals surface area contributed by atoms with Gasteiger partial charge in [-0.15, -0.1) is 0 Å². The molecule has 1 aliphatic heterocycles. The molecule has 0 bridgehead atoms. The molecule has 3 aromatic rings. The van der Waals surface area contributed by atoms with E-state index < -0.39 is 11.2 Å². The van der Waals surface area contributed by atoms with E-state index in [4.69, 9.17) is 34.8 Å². The highest BCUT2D eigenvalue weighted by Gasteiger charge is 2.43. The Morgan fingerprint density at radius 2 is 1.71 bits per heavy atom. The fourth-order valence-electron chi connectivity index (χ4n) is 3.32. The monoisotopic (exact) mass is 580 g/mol. The SMILES string of the molecule is CC(C)(C)C.Fc1ccccc1Cl.N#CC1(c2ccc(Cl)cc2F)CCN(C(=O)Nc2ccc(Cl)nc2)C1. The number of rotatable bonds is 2. The molecule has 5 nitrogen and oxygen atoms in total. The molecular weight excluding hydrogens is 553 g/mol. The van der Waals surface area contributed by atoms with Gasteiger partial charge in [-0.05, 0) is 48.2 Å². The van der Waals surface area contributed by atoms with Crippen LogP contribution >= 0.6 is 34.8 Å². The highest BCUT2D eigenvalue weighted by molar-refractivity contribution is 6.31.